The summed E-state index contributed by atoms with van der Waals surface area (Å²) in [5.41, 5.74) is 3.70. The fourth-order valence-electron chi connectivity index (χ4n) is 2.98. The van der Waals surface area contributed by atoms with Crippen LogP contribution in [0.5, 0.6) is 11.5 Å². The third-order valence-corrected chi connectivity index (χ3v) is 4.92. The summed E-state index contributed by atoms with van der Waals surface area (Å²) in [6.07, 6.45) is 3.84. The van der Waals surface area contributed by atoms with Crippen molar-refractivity contribution in [2.75, 3.05) is 0 Å². The van der Waals surface area contributed by atoms with Crippen molar-refractivity contribution in [3.63, 3.8) is 0 Å². The van der Waals surface area contributed by atoms with E-state index in [2.05, 4.69) is 0 Å². The quantitative estimate of drug-likeness (QED) is 0.392. The van der Waals surface area contributed by atoms with Gasteiger partial charge in [0.05, 0.1) is 6.10 Å². The minimum Gasteiger partial charge on any atom is -0.507 e. The third-order valence-electron chi connectivity index (χ3n) is 4.92. The number of aliphatic hydroxyl groups is 1. The van der Waals surface area contributed by atoms with Crippen LogP contribution in [0.25, 0.3) is 0 Å². The number of hydrogen-bond donors (Lipinski definition) is 3. The molecule has 0 radical (unpaired) electrons. The van der Waals surface area contributed by atoms with Gasteiger partial charge in [-0.15, -0.1) is 0 Å². The van der Waals surface area contributed by atoms with Crippen LogP contribution in [0.4, 0.5) is 8.78 Å². The Balaban J connectivity index is 2.53. The Morgan fingerprint density at radius 3 is 2.15 bits per heavy atom. The normalized spacial score (nSPS) is 13.0. The smallest absolute Gasteiger partial charge is 0.266 e. The minimum atomic E-state index is -1.65. The van der Waals surface area contributed by atoms with Gasteiger partial charge in [0.25, 0.3) is 6.08 Å². The first kappa shape index (κ1) is 22.2. The van der Waals surface area contributed by atoms with Crippen molar-refractivity contribution in [2.45, 2.75) is 72.3 Å². The van der Waals surface area contributed by atoms with Crippen LogP contribution in [-0.4, -0.2) is 21.4 Å². The third kappa shape index (κ3) is 6.45. The summed E-state index contributed by atoms with van der Waals surface area (Å²) in [7, 11) is 0. The molecule has 0 bridgehead atoms. The molecule has 26 heavy (non-hydrogen) atoms. The SMILES string of the molecule is C/C(=C\CCC(O)CCc1c(C)c(O)c(C)c(C)c1O)CCC=C(F)F. The standard InChI is InChI=1S/C21H30F2O3/c1-13(8-6-10-19(22)23)7-5-9-17(24)11-12-18-16(4)20(25)14(2)15(3)21(18)26/h7,10,17,24-26H,5-6,8-9,11-12H2,1-4H3/b13-7+. The molecule has 3 nitrogen and oxygen atoms in total. The molecule has 0 fully saturated rings. The van der Waals surface area contributed by atoms with E-state index in [0.717, 1.165) is 11.6 Å². The van der Waals surface area contributed by atoms with Gasteiger partial charge in [-0.1, -0.05) is 11.6 Å². The molecule has 0 aromatic heterocycles. The van der Waals surface area contributed by atoms with E-state index in [4.69, 9.17) is 0 Å². The molecule has 0 aliphatic carbocycles. The van der Waals surface area contributed by atoms with Crippen molar-refractivity contribution in [1.82, 2.24) is 0 Å². The molecule has 0 saturated heterocycles. The average Bonchev–Trinajstić information content (AvgIpc) is 2.58. The van der Waals surface area contributed by atoms with Gasteiger partial charge >= 0.3 is 0 Å². The Hall–Kier alpha value is -1.88. The number of phenols is 2. The number of aliphatic hydroxyl groups excluding tert-OH is 1. The summed E-state index contributed by atoms with van der Waals surface area (Å²) in [4.78, 5) is 0. The van der Waals surface area contributed by atoms with E-state index in [0.29, 0.717) is 60.8 Å². The lowest BCUT2D eigenvalue weighted by Gasteiger charge is -2.17. The Labute approximate surface area is 154 Å². The molecule has 0 aliphatic rings. The van der Waals surface area contributed by atoms with Gasteiger partial charge in [0.2, 0.25) is 0 Å². The van der Waals surface area contributed by atoms with Gasteiger partial charge < -0.3 is 15.3 Å². The summed E-state index contributed by atoms with van der Waals surface area (Å²) in [6.45, 7) is 7.20. The maximum Gasteiger partial charge on any atom is 0.266 e. The molecule has 0 aliphatic heterocycles. The van der Waals surface area contributed by atoms with Crippen molar-refractivity contribution >= 4 is 0 Å². The molecule has 1 aromatic carbocycles. The van der Waals surface area contributed by atoms with Crippen LogP contribution >= 0.6 is 0 Å². The lowest BCUT2D eigenvalue weighted by atomic mass is 9.93. The first-order valence-corrected chi connectivity index (χ1v) is 9.00. The average molecular weight is 368 g/mol. The van der Waals surface area contributed by atoms with E-state index in [1.54, 1.807) is 20.8 Å². The molecule has 0 spiro atoms. The highest BCUT2D eigenvalue weighted by Crippen LogP contribution is 2.37. The first-order valence-electron chi connectivity index (χ1n) is 9.00. The van der Waals surface area contributed by atoms with Crippen LogP contribution in [0.2, 0.25) is 0 Å². The van der Waals surface area contributed by atoms with E-state index in [1.165, 1.54) is 0 Å². The zero-order chi connectivity index (χ0) is 19.9. The second-order valence-corrected chi connectivity index (χ2v) is 6.90. The van der Waals surface area contributed by atoms with Crippen LogP contribution < -0.4 is 0 Å². The number of rotatable bonds is 9. The number of allylic oxidation sites excluding steroid dienone is 3. The van der Waals surface area contributed by atoms with E-state index >= 15 is 0 Å². The zero-order valence-electron chi connectivity index (χ0n) is 16.1. The first-order chi connectivity index (χ1) is 12.1. The molecule has 0 amide bonds. The van der Waals surface area contributed by atoms with Crippen LogP contribution in [-0.2, 0) is 6.42 Å². The molecular weight excluding hydrogens is 338 g/mol. The lowest BCUT2D eigenvalue weighted by molar-refractivity contribution is 0.155. The molecule has 1 atom stereocenters. The second-order valence-electron chi connectivity index (χ2n) is 6.90. The van der Waals surface area contributed by atoms with Gasteiger partial charge in [-0.05, 0) is 89.0 Å². The molecule has 1 aromatic rings. The number of halogens is 2. The monoisotopic (exact) mass is 368 g/mol. The van der Waals surface area contributed by atoms with E-state index < -0.39 is 12.2 Å². The van der Waals surface area contributed by atoms with Crippen LogP contribution in [0.3, 0.4) is 0 Å². The molecule has 5 heteroatoms. The summed E-state index contributed by atoms with van der Waals surface area (Å²) < 4.78 is 23.9. The van der Waals surface area contributed by atoms with Gasteiger partial charge in [0.1, 0.15) is 11.5 Å². The molecule has 1 rings (SSSR count). The van der Waals surface area contributed by atoms with Crippen molar-refractivity contribution in [2.24, 2.45) is 0 Å². The molecule has 0 saturated carbocycles. The highest BCUT2D eigenvalue weighted by Gasteiger charge is 2.17. The van der Waals surface area contributed by atoms with Crippen molar-refractivity contribution in [1.29, 1.82) is 0 Å². The van der Waals surface area contributed by atoms with Crippen LogP contribution in [0.15, 0.2) is 23.8 Å². The zero-order valence-corrected chi connectivity index (χ0v) is 16.1. The highest BCUT2D eigenvalue weighted by atomic mass is 19.3. The second kappa shape index (κ2) is 10.3. The molecule has 146 valence electrons. The fourth-order valence-corrected chi connectivity index (χ4v) is 2.98. The van der Waals surface area contributed by atoms with Gasteiger partial charge in [-0.3, -0.25) is 0 Å². The minimum absolute atomic E-state index is 0.189. The van der Waals surface area contributed by atoms with Gasteiger partial charge in [-0.2, -0.15) is 8.78 Å². The maximum absolute atomic E-state index is 12.0. The lowest BCUT2D eigenvalue weighted by Crippen LogP contribution is -2.08. The molecule has 1 unspecified atom stereocenters. The summed E-state index contributed by atoms with van der Waals surface area (Å²) in [6, 6.07) is 0. The molecule has 3 N–H and O–H groups in total. The topological polar surface area (TPSA) is 60.7 Å². The number of aromatic hydroxyl groups is 2. The van der Waals surface area contributed by atoms with Crippen LogP contribution in [0, 0.1) is 20.8 Å². The molecule has 0 heterocycles. The number of benzene rings is 1. The predicted octanol–water partition coefficient (Wildman–Crippen LogP) is 5.60. The Kier molecular flexibility index (Phi) is 8.79. The molecular formula is C21H30F2O3. The summed E-state index contributed by atoms with van der Waals surface area (Å²) in [5.74, 6) is 0.385. The van der Waals surface area contributed by atoms with Gasteiger partial charge in [0, 0.05) is 5.56 Å². The van der Waals surface area contributed by atoms with E-state index in [1.807, 2.05) is 13.0 Å². The van der Waals surface area contributed by atoms with Gasteiger partial charge in [-0.25, -0.2) is 0 Å². The Morgan fingerprint density at radius 2 is 1.54 bits per heavy atom. The summed E-state index contributed by atoms with van der Waals surface area (Å²) >= 11 is 0. The maximum atomic E-state index is 12.0. The number of phenolic OH excluding ortho intramolecular Hbond substituents is 2. The van der Waals surface area contributed by atoms with Crippen molar-refractivity contribution in [3.05, 3.63) is 46.1 Å². The largest absolute Gasteiger partial charge is 0.507 e. The van der Waals surface area contributed by atoms with Crippen LogP contribution in [0.1, 0.15) is 61.3 Å². The fraction of sp³-hybridized carbons (Fsp3) is 0.524. The summed E-state index contributed by atoms with van der Waals surface area (Å²) in [5, 5.41) is 30.6. The van der Waals surface area contributed by atoms with Crippen molar-refractivity contribution < 1.29 is 24.1 Å². The highest BCUT2D eigenvalue weighted by molar-refractivity contribution is 5.56. The van der Waals surface area contributed by atoms with E-state index in [-0.39, 0.29) is 11.5 Å². The Bertz CT molecular complexity index is 645. The van der Waals surface area contributed by atoms with Gasteiger partial charge in [0.15, 0.2) is 0 Å². The van der Waals surface area contributed by atoms with E-state index in [9.17, 15) is 24.1 Å². The van der Waals surface area contributed by atoms with Crippen molar-refractivity contribution in [3.8, 4) is 11.5 Å². The number of hydrogen-bond acceptors (Lipinski definition) is 3. The Morgan fingerprint density at radius 1 is 0.923 bits per heavy atom. The predicted molar refractivity (Wildman–Crippen MR) is 101 cm³/mol.